The summed E-state index contributed by atoms with van der Waals surface area (Å²) in [7, 11) is 0. The van der Waals surface area contributed by atoms with Crippen molar-refractivity contribution in [2.45, 2.75) is 65.0 Å². The molecule has 1 fully saturated rings. The third kappa shape index (κ3) is 5.41. The van der Waals surface area contributed by atoms with E-state index in [9.17, 15) is 9.59 Å². The molecule has 8 nitrogen and oxygen atoms in total. The van der Waals surface area contributed by atoms with Crippen molar-refractivity contribution in [1.82, 2.24) is 15.4 Å². The Morgan fingerprint density at radius 1 is 1.12 bits per heavy atom. The average Bonchev–Trinajstić information content (AvgIpc) is 3.49. The molecule has 0 radical (unpaired) electrons. The highest BCUT2D eigenvalue weighted by Gasteiger charge is 2.27. The van der Waals surface area contributed by atoms with Gasteiger partial charge in [-0.15, -0.1) is 0 Å². The molecule has 172 valence electrons. The Hall–Kier alpha value is -3.03. The molecule has 1 saturated carbocycles. The monoisotopic (exact) mass is 441 g/mol. The molecule has 0 spiro atoms. The first-order valence-corrected chi connectivity index (χ1v) is 11.5. The molecule has 1 N–H and O–H groups in total. The van der Waals surface area contributed by atoms with E-state index in [-0.39, 0.29) is 30.2 Å². The maximum Gasteiger partial charge on any atom is 0.273 e. The largest absolute Gasteiger partial charge is 0.454 e. The first-order chi connectivity index (χ1) is 15.6. The lowest BCUT2D eigenvalue weighted by Gasteiger charge is -2.28. The summed E-state index contributed by atoms with van der Waals surface area (Å²) in [5, 5.41) is 6.77. The molecule has 2 heterocycles. The lowest BCUT2D eigenvalue weighted by atomic mass is 9.88. The number of fused-ring (bicyclic) bond motifs is 1. The Morgan fingerprint density at radius 2 is 1.94 bits per heavy atom. The molecular weight excluding hydrogens is 410 g/mol. The van der Waals surface area contributed by atoms with Crippen LogP contribution in [0.4, 0.5) is 0 Å². The van der Waals surface area contributed by atoms with E-state index in [0.29, 0.717) is 36.9 Å². The first-order valence-electron chi connectivity index (χ1n) is 11.5. The van der Waals surface area contributed by atoms with Crippen molar-refractivity contribution < 1.29 is 23.6 Å². The van der Waals surface area contributed by atoms with Crippen LogP contribution in [0.1, 0.15) is 73.7 Å². The predicted molar refractivity (Wildman–Crippen MR) is 117 cm³/mol. The van der Waals surface area contributed by atoms with Gasteiger partial charge in [-0.3, -0.25) is 9.59 Å². The molecule has 2 aliphatic rings. The molecule has 4 rings (SSSR count). The molecule has 0 unspecified atom stereocenters. The fourth-order valence-corrected chi connectivity index (χ4v) is 4.23. The third-order valence-corrected chi connectivity index (χ3v) is 6.08. The zero-order chi connectivity index (χ0) is 22.3. The van der Waals surface area contributed by atoms with Gasteiger partial charge in [0.25, 0.3) is 5.91 Å². The first kappa shape index (κ1) is 22.2. The van der Waals surface area contributed by atoms with Gasteiger partial charge in [0.2, 0.25) is 12.7 Å². The van der Waals surface area contributed by atoms with E-state index in [1.807, 2.05) is 23.1 Å². The number of ether oxygens (including phenoxy) is 2. The van der Waals surface area contributed by atoms with Crippen molar-refractivity contribution in [2.24, 2.45) is 5.92 Å². The average molecular weight is 442 g/mol. The number of hydrogen-bond donors (Lipinski definition) is 1. The van der Waals surface area contributed by atoms with Crippen molar-refractivity contribution in [3.8, 4) is 11.5 Å². The fraction of sp³-hybridized carbons (Fsp3) is 0.542. The second-order valence-corrected chi connectivity index (χ2v) is 8.50. The Balaban J connectivity index is 1.34. The van der Waals surface area contributed by atoms with Gasteiger partial charge in [-0.1, -0.05) is 43.8 Å². The fourth-order valence-electron chi connectivity index (χ4n) is 4.23. The van der Waals surface area contributed by atoms with Gasteiger partial charge in [-0.2, -0.15) is 0 Å². The van der Waals surface area contributed by atoms with Gasteiger partial charge in [-0.25, -0.2) is 0 Å². The lowest BCUT2D eigenvalue weighted by Crippen LogP contribution is -2.37. The normalized spacial score (nSPS) is 15.5. The van der Waals surface area contributed by atoms with E-state index in [4.69, 9.17) is 14.0 Å². The zero-order valence-corrected chi connectivity index (χ0v) is 18.6. The van der Waals surface area contributed by atoms with E-state index >= 15 is 0 Å². The van der Waals surface area contributed by atoms with Gasteiger partial charge < -0.3 is 24.2 Å². The van der Waals surface area contributed by atoms with E-state index in [1.165, 1.54) is 6.42 Å². The summed E-state index contributed by atoms with van der Waals surface area (Å²) >= 11 is 0. The summed E-state index contributed by atoms with van der Waals surface area (Å²) in [6.07, 6.45) is 7.33. The number of amides is 2. The van der Waals surface area contributed by atoms with Gasteiger partial charge in [0, 0.05) is 25.1 Å². The van der Waals surface area contributed by atoms with Crippen molar-refractivity contribution in [1.29, 1.82) is 0 Å². The number of aromatic nitrogens is 1. The maximum absolute atomic E-state index is 13.1. The summed E-state index contributed by atoms with van der Waals surface area (Å²) in [6.45, 7) is 3.70. The van der Waals surface area contributed by atoms with Crippen LogP contribution < -0.4 is 14.8 Å². The molecule has 32 heavy (non-hydrogen) atoms. The molecule has 1 aliphatic heterocycles. The zero-order valence-electron chi connectivity index (χ0n) is 18.6. The van der Waals surface area contributed by atoms with Gasteiger partial charge in [-0.05, 0) is 37.0 Å². The van der Waals surface area contributed by atoms with Crippen LogP contribution in [0.3, 0.4) is 0 Å². The summed E-state index contributed by atoms with van der Waals surface area (Å²) < 4.78 is 16.1. The second-order valence-electron chi connectivity index (χ2n) is 8.50. The number of carbonyl (C=O) groups excluding carboxylic acids is 2. The minimum Gasteiger partial charge on any atom is -0.454 e. The van der Waals surface area contributed by atoms with Crippen LogP contribution in [0.2, 0.25) is 0 Å². The van der Waals surface area contributed by atoms with Gasteiger partial charge in [0.05, 0.1) is 6.54 Å². The second kappa shape index (κ2) is 10.5. The lowest BCUT2D eigenvalue weighted by molar-refractivity contribution is -0.137. The molecule has 0 bridgehead atoms. The van der Waals surface area contributed by atoms with Crippen LogP contribution in [0.15, 0.2) is 28.8 Å². The molecule has 1 aromatic carbocycles. The molecule has 0 saturated heterocycles. The summed E-state index contributed by atoms with van der Waals surface area (Å²) in [6, 6.07) is 7.18. The quantitative estimate of drug-likeness (QED) is 0.631. The minimum atomic E-state index is -0.323. The van der Waals surface area contributed by atoms with Gasteiger partial charge >= 0.3 is 0 Å². The number of nitrogens with one attached hydrogen (secondary N) is 1. The predicted octanol–water partition coefficient (Wildman–Crippen LogP) is 4.04. The molecule has 8 heteroatoms. The summed E-state index contributed by atoms with van der Waals surface area (Å²) in [4.78, 5) is 27.5. The van der Waals surface area contributed by atoms with Crippen molar-refractivity contribution in [2.75, 3.05) is 13.3 Å². The summed E-state index contributed by atoms with van der Waals surface area (Å²) in [5.74, 6) is 1.89. The minimum absolute atomic E-state index is 0.105. The summed E-state index contributed by atoms with van der Waals surface area (Å²) in [5.41, 5.74) is 1.11. The molecule has 0 atom stereocenters. The van der Waals surface area contributed by atoms with E-state index in [2.05, 4.69) is 17.4 Å². The highest BCUT2D eigenvalue weighted by molar-refractivity contribution is 5.92. The van der Waals surface area contributed by atoms with Crippen LogP contribution in [0.25, 0.3) is 0 Å². The maximum atomic E-state index is 13.1. The standard InChI is InChI=1S/C24H31N3O5/c1-2-3-11-27(24(29)18-7-5-4-6-8-18)15-19-13-20(26-32-19)23(28)25-14-17-9-10-21-22(12-17)31-16-30-21/h9-10,12-13,18H,2-8,11,14-16H2,1H3,(H,25,28). The Kier molecular flexibility index (Phi) is 7.29. The number of rotatable bonds is 9. The molecule has 2 aromatic rings. The smallest absolute Gasteiger partial charge is 0.273 e. The molecule has 1 aliphatic carbocycles. The number of carbonyl (C=O) groups is 2. The number of hydrogen-bond acceptors (Lipinski definition) is 6. The third-order valence-electron chi connectivity index (χ3n) is 6.08. The van der Waals surface area contributed by atoms with E-state index in [0.717, 1.165) is 44.1 Å². The molecule has 1 aromatic heterocycles. The highest BCUT2D eigenvalue weighted by Crippen LogP contribution is 2.32. The van der Waals surface area contributed by atoms with Gasteiger partial charge in [0.1, 0.15) is 0 Å². The van der Waals surface area contributed by atoms with E-state index < -0.39 is 0 Å². The topological polar surface area (TPSA) is 93.9 Å². The van der Waals surface area contributed by atoms with Crippen LogP contribution in [0.5, 0.6) is 11.5 Å². The van der Waals surface area contributed by atoms with Crippen molar-refractivity contribution in [3.05, 3.63) is 41.3 Å². The van der Waals surface area contributed by atoms with Crippen LogP contribution in [0, 0.1) is 5.92 Å². The Morgan fingerprint density at radius 3 is 2.75 bits per heavy atom. The Bertz CT molecular complexity index is 935. The molecule has 2 amide bonds. The number of nitrogens with zero attached hydrogens (tertiary/aromatic N) is 2. The van der Waals surface area contributed by atoms with Crippen molar-refractivity contribution >= 4 is 11.8 Å². The molecular formula is C24H31N3O5. The highest BCUT2D eigenvalue weighted by atomic mass is 16.7. The van der Waals surface area contributed by atoms with Gasteiger partial charge in [0.15, 0.2) is 23.0 Å². The van der Waals surface area contributed by atoms with Crippen LogP contribution in [-0.2, 0) is 17.9 Å². The van der Waals surface area contributed by atoms with Crippen molar-refractivity contribution in [3.63, 3.8) is 0 Å². The Labute approximate surface area is 188 Å². The van der Waals surface area contributed by atoms with Crippen LogP contribution >= 0.6 is 0 Å². The number of unbranched alkanes of at least 4 members (excludes halogenated alkanes) is 1. The van der Waals surface area contributed by atoms with E-state index in [1.54, 1.807) is 6.07 Å². The van der Waals surface area contributed by atoms with Crippen LogP contribution in [-0.4, -0.2) is 35.2 Å². The SMILES string of the molecule is CCCCN(Cc1cc(C(=O)NCc2ccc3c(c2)OCO3)no1)C(=O)C1CCCCC1. The number of benzene rings is 1.